The van der Waals surface area contributed by atoms with Gasteiger partial charge in [0.2, 0.25) is 35.9 Å². The fourth-order valence-electron chi connectivity index (χ4n) is 3.51. The van der Waals surface area contributed by atoms with Crippen LogP contribution in [0.15, 0.2) is 36.5 Å². The number of methoxy groups -OCH3 is 1. The zero-order chi connectivity index (χ0) is 30.8. The molecule has 1 aromatic carbocycles. The number of unbranched alkanes of at least 4 members (excludes halogenated alkanes) is 2. The van der Waals surface area contributed by atoms with Gasteiger partial charge in [0, 0.05) is 30.4 Å². The second-order valence-electron chi connectivity index (χ2n) is 9.01. The molecular weight excluding hydrogens is 598 g/mol. The summed E-state index contributed by atoms with van der Waals surface area (Å²) >= 11 is 0. The van der Waals surface area contributed by atoms with Crippen LogP contribution in [-0.2, 0) is 39.6 Å². The third-order valence-electron chi connectivity index (χ3n) is 5.26. The van der Waals surface area contributed by atoms with Crippen molar-refractivity contribution < 1.29 is 44.3 Å². The highest BCUT2D eigenvalue weighted by molar-refractivity contribution is 8.09. The van der Waals surface area contributed by atoms with Crippen molar-refractivity contribution in [3.8, 4) is 17.4 Å². The molecule has 228 valence electrons. The molecule has 2 rings (SSSR count). The van der Waals surface area contributed by atoms with Crippen LogP contribution in [0.1, 0.15) is 37.3 Å². The number of sulfonamides is 3. The molecule has 0 aliphatic heterocycles. The number of hydrogen-bond donors (Lipinski definition) is 1. The standard InChI is InChI=1S/C25H35N3O10S3/c1-6-7-8-15-41(34,35)27-24(29)12-10-20-9-11-22(37-14-13-36-3)17-23(20)38-25-19(2)16-21(18-26-25)28(39(4,30)31)40(5,32)33/h9-12,16-18H,6-8,13-15H2,1-5H3,(H,27,29). The monoisotopic (exact) mass is 633 g/mol. The summed E-state index contributed by atoms with van der Waals surface area (Å²) in [5, 5.41) is 0. The molecule has 0 radical (unpaired) electrons. The van der Waals surface area contributed by atoms with Crippen molar-refractivity contribution in [3.63, 3.8) is 0 Å². The third kappa shape index (κ3) is 10.9. The van der Waals surface area contributed by atoms with E-state index in [1.54, 1.807) is 19.1 Å². The molecule has 0 saturated carbocycles. The van der Waals surface area contributed by atoms with Gasteiger partial charge in [0.25, 0.3) is 5.91 Å². The smallest absolute Gasteiger partial charge is 0.257 e. The van der Waals surface area contributed by atoms with Gasteiger partial charge >= 0.3 is 0 Å². The van der Waals surface area contributed by atoms with E-state index >= 15 is 0 Å². The van der Waals surface area contributed by atoms with Crippen molar-refractivity contribution in [1.82, 2.24) is 9.71 Å². The first-order valence-corrected chi connectivity index (χ1v) is 17.8. The van der Waals surface area contributed by atoms with E-state index in [0.717, 1.165) is 37.6 Å². The predicted octanol–water partition coefficient (Wildman–Crippen LogP) is 2.58. The highest BCUT2D eigenvalue weighted by Gasteiger charge is 2.28. The number of ether oxygens (including phenoxy) is 3. The Hall–Kier alpha value is -3.21. The molecule has 13 nitrogen and oxygen atoms in total. The number of rotatable bonds is 16. The quantitative estimate of drug-likeness (QED) is 0.212. The van der Waals surface area contributed by atoms with Gasteiger partial charge in [-0.25, -0.2) is 35.0 Å². The lowest BCUT2D eigenvalue weighted by Gasteiger charge is -2.20. The Morgan fingerprint density at radius 3 is 2.29 bits per heavy atom. The first kappa shape index (κ1) is 34.0. The number of pyridine rings is 1. The van der Waals surface area contributed by atoms with E-state index in [0.29, 0.717) is 29.9 Å². The Morgan fingerprint density at radius 1 is 1.02 bits per heavy atom. The van der Waals surface area contributed by atoms with Crippen LogP contribution in [-0.4, -0.2) is 74.7 Å². The zero-order valence-corrected chi connectivity index (χ0v) is 25.9. The van der Waals surface area contributed by atoms with E-state index in [9.17, 15) is 30.0 Å². The Labute approximate surface area is 241 Å². The second kappa shape index (κ2) is 14.6. The van der Waals surface area contributed by atoms with Crippen molar-refractivity contribution in [3.05, 3.63) is 47.7 Å². The number of hydrogen-bond acceptors (Lipinski definition) is 11. The summed E-state index contributed by atoms with van der Waals surface area (Å²) in [7, 11) is -10.6. The van der Waals surface area contributed by atoms with Crippen LogP contribution < -0.4 is 17.9 Å². The van der Waals surface area contributed by atoms with Crippen LogP contribution in [0.25, 0.3) is 6.08 Å². The summed E-state index contributed by atoms with van der Waals surface area (Å²) in [6.45, 7) is 4.04. The van der Waals surface area contributed by atoms with Gasteiger partial charge in [-0.1, -0.05) is 19.8 Å². The molecule has 0 bridgehead atoms. The molecule has 16 heteroatoms. The van der Waals surface area contributed by atoms with Crippen molar-refractivity contribution >= 4 is 47.7 Å². The van der Waals surface area contributed by atoms with Gasteiger partial charge in [-0.2, -0.15) is 3.71 Å². The second-order valence-corrected chi connectivity index (χ2v) is 14.7. The first-order chi connectivity index (χ1) is 19.1. The van der Waals surface area contributed by atoms with Crippen molar-refractivity contribution in [2.45, 2.75) is 33.1 Å². The van der Waals surface area contributed by atoms with Gasteiger partial charge in [-0.15, -0.1) is 0 Å². The topological polar surface area (TPSA) is 175 Å². The normalized spacial score (nSPS) is 12.3. The molecule has 1 amide bonds. The van der Waals surface area contributed by atoms with E-state index < -0.39 is 36.0 Å². The Bertz CT molecular complexity index is 1540. The number of amides is 1. The summed E-state index contributed by atoms with van der Waals surface area (Å²) in [6.07, 6.45) is 6.94. The Morgan fingerprint density at radius 2 is 1.71 bits per heavy atom. The van der Waals surface area contributed by atoms with E-state index in [1.165, 1.54) is 25.3 Å². The maximum atomic E-state index is 12.3. The van der Waals surface area contributed by atoms with Gasteiger partial charge in [0.05, 0.1) is 36.8 Å². The number of anilines is 1. The van der Waals surface area contributed by atoms with Crippen LogP contribution in [0.3, 0.4) is 0 Å². The molecule has 0 saturated heterocycles. The SMILES string of the molecule is CCCCCS(=O)(=O)NC(=O)C=Cc1ccc(OCCOC)cc1Oc1ncc(N(S(C)(=O)=O)S(C)(=O)=O)cc1C. The van der Waals surface area contributed by atoms with Crippen LogP contribution in [0.2, 0.25) is 0 Å². The van der Waals surface area contributed by atoms with Gasteiger partial charge in [0.1, 0.15) is 18.1 Å². The van der Waals surface area contributed by atoms with Crippen LogP contribution in [0.4, 0.5) is 5.69 Å². The van der Waals surface area contributed by atoms with Crippen LogP contribution in [0, 0.1) is 6.92 Å². The van der Waals surface area contributed by atoms with Crippen LogP contribution in [0.5, 0.6) is 17.4 Å². The minimum Gasteiger partial charge on any atom is -0.491 e. The number of carbonyl (C=O) groups is 1. The largest absolute Gasteiger partial charge is 0.491 e. The van der Waals surface area contributed by atoms with Crippen molar-refractivity contribution in [2.75, 3.05) is 42.3 Å². The number of nitrogens with one attached hydrogen (secondary N) is 1. The van der Waals surface area contributed by atoms with Crippen LogP contribution >= 0.6 is 0 Å². The molecule has 0 unspecified atom stereocenters. The lowest BCUT2D eigenvalue weighted by Crippen LogP contribution is -2.35. The summed E-state index contributed by atoms with van der Waals surface area (Å²) in [6, 6.07) is 6.00. The Balaban J connectivity index is 2.40. The predicted molar refractivity (Wildman–Crippen MR) is 156 cm³/mol. The lowest BCUT2D eigenvalue weighted by atomic mass is 10.1. The molecule has 2 aromatic rings. The zero-order valence-electron chi connectivity index (χ0n) is 23.5. The molecular formula is C25H35N3O10S3. The highest BCUT2D eigenvalue weighted by Crippen LogP contribution is 2.33. The van der Waals surface area contributed by atoms with Gasteiger partial charge in [-0.3, -0.25) is 4.79 Å². The number of benzene rings is 1. The van der Waals surface area contributed by atoms with E-state index in [-0.39, 0.29) is 33.4 Å². The summed E-state index contributed by atoms with van der Waals surface area (Å²) in [5.74, 6) is -0.428. The van der Waals surface area contributed by atoms with E-state index in [4.69, 9.17) is 14.2 Å². The molecule has 0 spiro atoms. The van der Waals surface area contributed by atoms with Gasteiger partial charge in [0.15, 0.2) is 0 Å². The molecule has 1 aromatic heterocycles. The molecule has 0 fully saturated rings. The highest BCUT2D eigenvalue weighted by atomic mass is 32.3. The maximum Gasteiger partial charge on any atom is 0.257 e. The first-order valence-electron chi connectivity index (χ1n) is 12.4. The summed E-state index contributed by atoms with van der Waals surface area (Å²) in [5.41, 5.74) is 0.464. The summed E-state index contributed by atoms with van der Waals surface area (Å²) in [4.78, 5) is 16.4. The number of nitrogens with zero attached hydrogens (tertiary/aromatic N) is 2. The van der Waals surface area contributed by atoms with Crippen molar-refractivity contribution in [1.29, 1.82) is 0 Å². The lowest BCUT2D eigenvalue weighted by molar-refractivity contribution is -0.114. The molecule has 0 aliphatic rings. The third-order valence-corrected chi connectivity index (χ3v) is 9.85. The molecule has 0 atom stereocenters. The fourth-order valence-corrected chi connectivity index (χ4v) is 7.50. The van der Waals surface area contributed by atoms with Gasteiger partial charge in [-0.05, 0) is 37.6 Å². The minimum absolute atomic E-state index is 0.0161. The maximum absolute atomic E-state index is 12.3. The molecule has 0 aliphatic carbocycles. The average molecular weight is 634 g/mol. The van der Waals surface area contributed by atoms with Gasteiger partial charge < -0.3 is 14.2 Å². The molecule has 1 N–H and O–H groups in total. The minimum atomic E-state index is -4.18. The number of carbonyl (C=O) groups excluding carboxylic acids is 1. The van der Waals surface area contributed by atoms with E-state index in [1.807, 2.05) is 11.6 Å². The fraction of sp³-hybridized carbons (Fsp3) is 0.440. The average Bonchev–Trinajstić information content (AvgIpc) is 2.83. The Kier molecular flexibility index (Phi) is 12.1. The summed E-state index contributed by atoms with van der Waals surface area (Å²) < 4.78 is 91.6. The number of aromatic nitrogens is 1. The molecule has 1 heterocycles. The molecule has 41 heavy (non-hydrogen) atoms. The number of aryl methyl sites for hydroxylation is 1. The van der Waals surface area contributed by atoms with Crippen molar-refractivity contribution in [2.24, 2.45) is 0 Å². The van der Waals surface area contributed by atoms with E-state index in [2.05, 4.69) is 4.98 Å².